The largest absolute Gasteiger partial charge is 0.360 e. The van der Waals surface area contributed by atoms with Crippen molar-refractivity contribution in [3.8, 4) is 0 Å². The van der Waals surface area contributed by atoms with Gasteiger partial charge in [-0.05, 0) is 19.3 Å². The summed E-state index contributed by atoms with van der Waals surface area (Å²) < 4.78 is 6.18. The highest BCUT2D eigenvalue weighted by molar-refractivity contribution is 5.94. The van der Waals surface area contributed by atoms with Gasteiger partial charge in [0.1, 0.15) is 5.60 Å². The van der Waals surface area contributed by atoms with Crippen molar-refractivity contribution in [3.63, 3.8) is 0 Å². The van der Waals surface area contributed by atoms with Crippen LogP contribution >= 0.6 is 0 Å². The lowest BCUT2D eigenvalue weighted by Crippen LogP contribution is -2.48. The van der Waals surface area contributed by atoms with Crippen LogP contribution in [0.1, 0.15) is 33.1 Å². The van der Waals surface area contributed by atoms with Crippen LogP contribution in [0.5, 0.6) is 0 Å². The molecule has 3 fully saturated rings. The molecule has 7 heteroatoms. The number of hydrogen-bond donors (Lipinski definition) is 1. The lowest BCUT2D eigenvalue weighted by molar-refractivity contribution is -0.145. The third-order valence-electron chi connectivity index (χ3n) is 6.37. The molecule has 0 radical (unpaired) electrons. The Labute approximate surface area is 153 Å². The summed E-state index contributed by atoms with van der Waals surface area (Å²) in [7, 11) is 0. The van der Waals surface area contributed by atoms with Crippen LogP contribution in [-0.2, 0) is 19.1 Å². The van der Waals surface area contributed by atoms with E-state index in [1.807, 2.05) is 17.1 Å². The highest BCUT2D eigenvalue weighted by atomic mass is 16.5. The summed E-state index contributed by atoms with van der Waals surface area (Å²) in [5, 5.41) is 2.79. The average molecular weight is 361 g/mol. The predicted molar refractivity (Wildman–Crippen MR) is 94.0 cm³/mol. The molecule has 1 spiro atoms. The molecule has 4 aliphatic heterocycles. The van der Waals surface area contributed by atoms with Crippen molar-refractivity contribution >= 4 is 17.7 Å². The van der Waals surface area contributed by atoms with Crippen LogP contribution < -0.4 is 5.32 Å². The van der Waals surface area contributed by atoms with Crippen molar-refractivity contribution in [2.45, 2.75) is 50.9 Å². The van der Waals surface area contributed by atoms with Crippen LogP contribution in [0.2, 0.25) is 0 Å². The van der Waals surface area contributed by atoms with E-state index in [1.54, 1.807) is 4.90 Å². The minimum Gasteiger partial charge on any atom is -0.360 e. The van der Waals surface area contributed by atoms with Gasteiger partial charge in [-0.15, -0.1) is 0 Å². The van der Waals surface area contributed by atoms with Gasteiger partial charge in [0.25, 0.3) is 0 Å². The number of amides is 3. The zero-order chi connectivity index (χ0) is 18.5. The van der Waals surface area contributed by atoms with E-state index >= 15 is 0 Å². The standard InChI is InChI=1S/C19H27N3O4/c1-3-12(4-2)22-11-19-7-6-13(26-19)15(16(19)18(22)25)17(24)21-9-5-8-20-14(23)10-21/h6-7,12-13,15-16H,3-5,8-11H2,1-2H3,(H,20,23)/t13-,15+,16+,19-/m0/s1. The van der Waals surface area contributed by atoms with Crippen molar-refractivity contribution < 1.29 is 19.1 Å². The summed E-state index contributed by atoms with van der Waals surface area (Å²) in [5.41, 5.74) is -0.668. The molecule has 1 N–H and O–H groups in total. The summed E-state index contributed by atoms with van der Waals surface area (Å²) in [6.45, 7) is 5.88. The molecule has 4 aliphatic rings. The molecule has 4 rings (SSSR count). The van der Waals surface area contributed by atoms with Crippen molar-refractivity contribution in [2.75, 3.05) is 26.2 Å². The highest BCUT2D eigenvalue weighted by Crippen LogP contribution is 2.53. The van der Waals surface area contributed by atoms with E-state index in [-0.39, 0.29) is 36.4 Å². The Morgan fingerprint density at radius 2 is 2.15 bits per heavy atom. The van der Waals surface area contributed by atoms with Gasteiger partial charge in [0, 0.05) is 19.1 Å². The maximum Gasteiger partial charge on any atom is 0.239 e. The van der Waals surface area contributed by atoms with Crippen LogP contribution in [-0.4, -0.2) is 71.4 Å². The van der Waals surface area contributed by atoms with Gasteiger partial charge in [-0.2, -0.15) is 0 Å². The molecular weight excluding hydrogens is 334 g/mol. The second-order valence-corrected chi connectivity index (χ2v) is 7.80. The summed E-state index contributed by atoms with van der Waals surface area (Å²) in [6, 6.07) is 0.179. The zero-order valence-electron chi connectivity index (χ0n) is 15.4. The molecule has 0 saturated carbocycles. The van der Waals surface area contributed by atoms with Crippen molar-refractivity contribution in [3.05, 3.63) is 12.2 Å². The van der Waals surface area contributed by atoms with Gasteiger partial charge in [-0.1, -0.05) is 26.0 Å². The fourth-order valence-corrected chi connectivity index (χ4v) is 5.05. The maximum atomic E-state index is 13.3. The molecule has 26 heavy (non-hydrogen) atoms. The third-order valence-corrected chi connectivity index (χ3v) is 6.37. The average Bonchev–Trinajstić information content (AvgIpc) is 3.20. The molecule has 0 aromatic rings. The summed E-state index contributed by atoms with van der Waals surface area (Å²) >= 11 is 0. The first-order valence-electron chi connectivity index (χ1n) is 9.74. The number of likely N-dealkylation sites (tertiary alicyclic amines) is 1. The Hall–Kier alpha value is -1.89. The van der Waals surface area contributed by atoms with Crippen LogP contribution in [0.4, 0.5) is 0 Å². The van der Waals surface area contributed by atoms with E-state index in [1.165, 1.54) is 0 Å². The van der Waals surface area contributed by atoms with Crippen LogP contribution in [0, 0.1) is 11.8 Å². The van der Waals surface area contributed by atoms with Gasteiger partial charge in [-0.3, -0.25) is 14.4 Å². The first kappa shape index (κ1) is 17.5. The van der Waals surface area contributed by atoms with Gasteiger partial charge in [-0.25, -0.2) is 0 Å². The Kier molecular flexibility index (Phi) is 4.29. The van der Waals surface area contributed by atoms with Crippen LogP contribution in [0.15, 0.2) is 12.2 Å². The maximum absolute atomic E-state index is 13.3. The molecule has 4 atom stereocenters. The first-order chi connectivity index (χ1) is 12.5. The fraction of sp³-hybridized carbons (Fsp3) is 0.737. The van der Waals surface area contributed by atoms with E-state index in [4.69, 9.17) is 4.74 Å². The van der Waals surface area contributed by atoms with Gasteiger partial charge >= 0.3 is 0 Å². The predicted octanol–water partition coefficient (Wildman–Crippen LogP) is 0.306. The molecule has 0 aromatic heterocycles. The topological polar surface area (TPSA) is 79.0 Å². The van der Waals surface area contributed by atoms with E-state index in [0.717, 1.165) is 19.3 Å². The molecule has 7 nitrogen and oxygen atoms in total. The van der Waals surface area contributed by atoms with E-state index in [0.29, 0.717) is 19.6 Å². The molecule has 3 saturated heterocycles. The molecular formula is C19H27N3O4. The smallest absolute Gasteiger partial charge is 0.239 e. The number of carbonyl (C=O) groups excluding carboxylic acids is 3. The molecule has 142 valence electrons. The lowest BCUT2D eigenvalue weighted by atomic mass is 9.76. The monoisotopic (exact) mass is 361 g/mol. The van der Waals surface area contributed by atoms with Crippen LogP contribution in [0.25, 0.3) is 0 Å². The Bertz CT molecular complexity index is 659. The lowest BCUT2D eigenvalue weighted by Gasteiger charge is -2.30. The van der Waals surface area contributed by atoms with Gasteiger partial charge in [0.05, 0.1) is 31.0 Å². The molecule has 2 bridgehead atoms. The van der Waals surface area contributed by atoms with Gasteiger partial charge in [0.2, 0.25) is 17.7 Å². The number of hydrogen-bond acceptors (Lipinski definition) is 4. The molecule has 0 aromatic carbocycles. The minimum atomic E-state index is -0.668. The Balaban J connectivity index is 1.60. The van der Waals surface area contributed by atoms with E-state index in [2.05, 4.69) is 19.2 Å². The summed E-state index contributed by atoms with van der Waals surface area (Å²) in [4.78, 5) is 41.8. The Morgan fingerprint density at radius 3 is 2.88 bits per heavy atom. The molecule has 0 unspecified atom stereocenters. The third kappa shape index (κ3) is 2.47. The first-order valence-corrected chi connectivity index (χ1v) is 9.74. The second kappa shape index (κ2) is 6.37. The van der Waals surface area contributed by atoms with Gasteiger partial charge in [0.15, 0.2) is 0 Å². The quantitative estimate of drug-likeness (QED) is 0.731. The number of nitrogens with one attached hydrogen (secondary N) is 1. The van der Waals surface area contributed by atoms with Crippen molar-refractivity contribution in [1.29, 1.82) is 0 Å². The number of nitrogens with zero attached hydrogens (tertiary/aromatic N) is 2. The number of carbonyl (C=O) groups is 3. The molecule has 4 heterocycles. The summed E-state index contributed by atoms with van der Waals surface area (Å²) in [6.07, 6.45) is 6.08. The number of rotatable bonds is 4. The van der Waals surface area contributed by atoms with E-state index < -0.39 is 17.4 Å². The minimum absolute atomic E-state index is 0.0307. The summed E-state index contributed by atoms with van der Waals surface area (Å²) in [5.74, 6) is -1.21. The SMILES string of the molecule is CCC(CC)N1C[C@]23C=C[C@H](O2)[C@@H](C(=O)N2CCCNC(=O)C2)[C@@H]3C1=O. The zero-order valence-corrected chi connectivity index (χ0v) is 15.4. The van der Waals surface area contributed by atoms with E-state index in [9.17, 15) is 14.4 Å². The second-order valence-electron chi connectivity index (χ2n) is 7.80. The van der Waals surface area contributed by atoms with Crippen molar-refractivity contribution in [1.82, 2.24) is 15.1 Å². The number of fused-ring (bicyclic) bond motifs is 1. The van der Waals surface area contributed by atoms with Crippen LogP contribution in [0.3, 0.4) is 0 Å². The van der Waals surface area contributed by atoms with Crippen molar-refractivity contribution in [2.24, 2.45) is 11.8 Å². The molecule has 3 amide bonds. The number of ether oxygens (including phenoxy) is 1. The van der Waals surface area contributed by atoms with Gasteiger partial charge < -0.3 is 19.9 Å². The fourth-order valence-electron chi connectivity index (χ4n) is 5.05. The normalized spacial score (nSPS) is 35.9. The molecule has 0 aliphatic carbocycles. The Morgan fingerprint density at radius 1 is 1.38 bits per heavy atom. The highest BCUT2D eigenvalue weighted by Gasteiger charge is 2.67.